The van der Waals surface area contributed by atoms with Gasteiger partial charge in [0.2, 0.25) is 5.91 Å². The van der Waals surface area contributed by atoms with Crippen molar-refractivity contribution in [1.82, 2.24) is 4.90 Å². The Hall–Kier alpha value is -1.01. The van der Waals surface area contributed by atoms with Crippen molar-refractivity contribution in [3.05, 3.63) is 22.4 Å². The average molecular weight is 298 g/mol. The lowest BCUT2D eigenvalue weighted by molar-refractivity contribution is -0.312. The van der Waals surface area contributed by atoms with Gasteiger partial charge in [-0.1, -0.05) is 19.9 Å². The van der Waals surface area contributed by atoms with Gasteiger partial charge in [-0.3, -0.25) is 4.79 Å². The Morgan fingerprint density at radius 2 is 2.32 bits per heavy atom. The largest absolute Gasteiger partial charge is 0.548 e. The molecule has 2 rings (SSSR count). The fourth-order valence-corrected chi connectivity index (χ4v) is 4.38. The molecular weight excluding hydrogens is 282 g/mol. The summed E-state index contributed by atoms with van der Waals surface area (Å²) >= 11 is 3.03. The van der Waals surface area contributed by atoms with Gasteiger partial charge in [0.05, 0.1) is 17.8 Å². The monoisotopic (exact) mass is 298 g/mol. The molecule has 0 saturated carbocycles. The van der Waals surface area contributed by atoms with Gasteiger partial charge in [0.15, 0.2) is 0 Å². The smallest absolute Gasteiger partial charge is 0.234 e. The molecule has 0 N–H and O–H groups in total. The lowest BCUT2D eigenvalue weighted by atomic mass is 10.0. The molecule has 1 amide bonds. The summed E-state index contributed by atoms with van der Waals surface area (Å²) in [7, 11) is 0. The van der Waals surface area contributed by atoms with Gasteiger partial charge in [0, 0.05) is 4.88 Å². The number of carboxylic acids is 1. The second-order valence-electron chi connectivity index (χ2n) is 4.94. The first kappa shape index (κ1) is 14.4. The number of aliphatic carboxylic acids is 1. The van der Waals surface area contributed by atoms with Crippen LogP contribution in [0.1, 0.15) is 30.5 Å². The number of carboxylic acid groups (broad SMARTS) is 1. The van der Waals surface area contributed by atoms with Crippen molar-refractivity contribution in [2.45, 2.75) is 31.7 Å². The number of carbonyl (C=O) groups is 2. The van der Waals surface area contributed by atoms with Crippen molar-refractivity contribution in [2.75, 3.05) is 5.75 Å². The van der Waals surface area contributed by atoms with Crippen LogP contribution in [0.2, 0.25) is 0 Å². The fourth-order valence-electron chi connectivity index (χ4n) is 2.19. The molecule has 1 aromatic heterocycles. The molecule has 0 spiro atoms. The van der Waals surface area contributed by atoms with Crippen LogP contribution in [0.5, 0.6) is 0 Å². The Bertz CT molecular complexity index is 458. The minimum Gasteiger partial charge on any atom is -0.548 e. The minimum atomic E-state index is -1.16. The summed E-state index contributed by atoms with van der Waals surface area (Å²) in [6.07, 6.45) is 0.427. The van der Waals surface area contributed by atoms with Gasteiger partial charge in [0.25, 0.3) is 0 Å². The summed E-state index contributed by atoms with van der Waals surface area (Å²) in [5, 5.41) is 13.1. The van der Waals surface area contributed by atoms with E-state index in [1.807, 2.05) is 31.4 Å². The molecule has 4 nitrogen and oxygen atoms in total. The zero-order valence-corrected chi connectivity index (χ0v) is 12.5. The van der Waals surface area contributed by atoms with Crippen LogP contribution in [0.3, 0.4) is 0 Å². The molecule has 19 heavy (non-hydrogen) atoms. The molecule has 104 valence electrons. The summed E-state index contributed by atoms with van der Waals surface area (Å²) in [5.74, 6) is -0.737. The maximum atomic E-state index is 12.0. The molecule has 0 unspecified atom stereocenters. The highest BCUT2D eigenvalue weighted by Crippen LogP contribution is 2.42. The highest BCUT2D eigenvalue weighted by atomic mass is 32.2. The standard InChI is InChI=1S/C13H17NO3S2/c1-8(2)6-9(13(16)17)14-11(15)7-19-12(14)10-4-3-5-18-10/h3-5,8-9,12H,6-7H2,1-2H3,(H,16,17)/p-1/t9-,12+/m0/s1. The minimum absolute atomic E-state index is 0.113. The number of hydrogen-bond acceptors (Lipinski definition) is 5. The molecule has 0 aromatic carbocycles. The number of thiophene rings is 1. The van der Waals surface area contributed by atoms with Crippen LogP contribution < -0.4 is 5.11 Å². The second-order valence-corrected chi connectivity index (χ2v) is 6.99. The third-order valence-electron chi connectivity index (χ3n) is 2.99. The number of carbonyl (C=O) groups excluding carboxylic acids is 2. The van der Waals surface area contributed by atoms with E-state index in [1.165, 1.54) is 16.7 Å². The normalized spacial score (nSPS) is 21.1. The Morgan fingerprint density at radius 1 is 1.58 bits per heavy atom. The number of thioether (sulfide) groups is 1. The van der Waals surface area contributed by atoms with E-state index in [-0.39, 0.29) is 17.2 Å². The van der Waals surface area contributed by atoms with Gasteiger partial charge in [-0.15, -0.1) is 23.1 Å². The first-order chi connectivity index (χ1) is 9.00. The number of amides is 1. The lowest BCUT2D eigenvalue weighted by Crippen LogP contribution is -2.50. The summed E-state index contributed by atoms with van der Waals surface area (Å²) < 4.78 is 0. The molecule has 1 fully saturated rings. The van der Waals surface area contributed by atoms with Crippen molar-refractivity contribution >= 4 is 35.0 Å². The predicted octanol–water partition coefficient (Wildman–Crippen LogP) is 1.49. The van der Waals surface area contributed by atoms with E-state index in [1.54, 1.807) is 11.3 Å². The molecule has 1 saturated heterocycles. The molecule has 2 atom stereocenters. The van der Waals surface area contributed by atoms with Gasteiger partial charge < -0.3 is 14.8 Å². The molecule has 0 aliphatic carbocycles. The highest BCUT2D eigenvalue weighted by molar-refractivity contribution is 8.00. The van der Waals surface area contributed by atoms with E-state index in [4.69, 9.17) is 0 Å². The molecular formula is C13H16NO3S2-. The maximum absolute atomic E-state index is 12.0. The van der Waals surface area contributed by atoms with Gasteiger partial charge in [-0.25, -0.2) is 0 Å². The van der Waals surface area contributed by atoms with Crippen molar-refractivity contribution in [3.8, 4) is 0 Å². The zero-order chi connectivity index (χ0) is 14.0. The van der Waals surface area contributed by atoms with Crippen molar-refractivity contribution in [3.63, 3.8) is 0 Å². The van der Waals surface area contributed by atoms with Crippen LogP contribution in [0.15, 0.2) is 17.5 Å². The average Bonchev–Trinajstić information content (AvgIpc) is 2.94. The first-order valence-corrected chi connectivity index (χ1v) is 8.10. The van der Waals surface area contributed by atoms with Crippen LogP contribution in [0, 0.1) is 5.92 Å². The quantitative estimate of drug-likeness (QED) is 0.826. The Balaban J connectivity index is 2.26. The molecule has 1 aliphatic rings. The van der Waals surface area contributed by atoms with E-state index >= 15 is 0 Å². The molecule has 2 heterocycles. The van der Waals surface area contributed by atoms with Gasteiger partial charge in [-0.05, 0) is 23.8 Å². The molecule has 6 heteroatoms. The highest BCUT2D eigenvalue weighted by Gasteiger charge is 2.38. The number of rotatable bonds is 5. The summed E-state index contributed by atoms with van der Waals surface area (Å²) in [6, 6.07) is 3.02. The second kappa shape index (κ2) is 5.96. The third-order valence-corrected chi connectivity index (χ3v) is 5.28. The van der Waals surface area contributed by atoms with Crippen molar-refractivity contribution in [1.29, 1.82) is 0 Å². The number of nitrogens with zero attached hydrogens (tertiary/aromatic N) is 1. The van der Waals surface area contributed by atoms with Gasteiger partial charge >= 0.3 is 0 Å². The Labute approximate surface area is 120 Å². The third kappa shape index (κ3) is 3.12. The Morgan fingerprint density at radius 3 is 2.84 bits per heavy atom. The van der Waals surface area contributed by atoms with E-state index in [0.717, 1.165) is 4.88 Å². The number of hydrogen-bond donors (Lipinski definition) is 0. The van der Waals surface area contributed by atoms with E-state index in [9.17, 15) is 14.7 Å². The first-order valence-electron chi connectivity index (χ1n) is 6.17. The van der Waals surface area contributed by atoms with Crippen LogP contribution in [0.25, 0.3) is 0 Å². The van der Waals surface area contributed by atoms with Crippen molar-refractivity contribution < 1.29 is 14.7 Å². The van der Waals surface area contributed by atoms with Crippen LogP contribution in [0.4, 0.5) is 0 Å². The molecule has 0 bridgehead atoms. The fraction of sp³-hybridized carbons (Fsp3) is 0.538. The van der Waals surface area contributed by atoms with E-state index < -0.39 is 12.0 Å². The van der Waals surface area contributed by atoms with E-state index in [2.05, 4.69) is 0 Å². The Kier molecular flexibility index (Phi) is 4.52. The molecule has 0 radical (unpaired) electrons. The lowest BCUT2D eigenvalue weighted by Gasteiger charge is -2.33. The summed E-state index contributed by atoms with van der Waals surface area (Å²) in [4.78, 5) is 25.9. The zero-order valence-electron chi connectivity index (χ0n) is 10.9. The SMILES string of the molecule is CC(C)C[C@@H](C(=O)[O-])N1C(=O)CS[C@@H]1c1cccs1. The van der Waals surface area contributed by atoms with Crippen LogP contribution >= 0.6 is 23.1 Å². The van der Waals surface area contributed by atoms with Gasteiger partial charge in [0.1, 0.15) is 5.37 Å². The summed E-state index contributed by atoms with van der Waals surface area (Å²) in [5.41, 5.74) is 0. The predicted molar refractivity (Wildman–Crippen MR) is 74.6 cm³/mol. The van der Waals surface area contributed by atoms with Crippen LogP contribution in [-0.4, -0.2) is 28.6 Å². The van der Waals surface area contributed by atoms with Gasteiger partial charge in [-0.2, -0.15) is 0 Å². The van der Waals surface area contributed by atoms with Crippen molar-refractivity contribution in [2.24, 2.45) is 5.92 Å². The maximum Gasteiger partial charge on any atom is 0.234 e. The molecule has 1 aliphatic heterocycles. The van der Waals surface area contributed by atoms with Crippen LogP contribution in [-0.2, 0) is 9.59 Å². The topological polar surface area (TPSA) is 60.4 Å². The van der Waals surface area contributed by atoms with E-state index in [0.29, 0.717) is 12.2 Å². The molecule has 1 aromatic rings. The summed E-state index contributed by atoms with van der Waals surface area (Å²) in [6.45, 7) is 3.90.